The Morgan fingerprint density at radius 2 is 1.74 bits per heavy atom. The summed E-state index contributed by atoms with van der Waals surface area (Å²) >= 11 is 0. The van der Waals surface area contributed by atoms with Gasteiger partial charge in [-0.3, -0.25) is 0 Å². The highest BCUT2D eigenvalue weighted by molar-refractivity contribution is 6.74. The fraction of sp³-hybridized carbons (Fsp3) is 0.727. The van der Waals surface area contributed by atoms with Crippen LogP contribution in [0.5, 0.6) is 5.75 Å². The Balaban J connectivity index is 1.86. The van der Waals surface area contributed by atoms with Crippen molar-refractivity contribution < 1.29 is 19.0 Å². The Hall–Kier alpha value is -0.883. The van der Waals surface area contributed by atoms with Gasteiger partial charge >= 0.3 is 0 Å². The van der Waals surface area contributed by atoms with Gasteiger partial charge in [-0.05, 0) is 61.0 Å². The van der Waals surface area contributed by atoms with Crippen molar-refractivity contribution in [1.82, 2.24) is 0 Å². The highest BCUT2D eigenvalue weighted by Crippen LogP contribution is 2.47. The maximum absolute atomic E-state index is 10.8. The largest absolute Gasteiger partial charge is 0.497 e. The zero-order chi connectivity index (χ0) is 20.3. The van der Waals surface area contributed by atoms with Gasteiger partial charge < -0.3 is 19.0 Å². The van der Waals surface area contributed by atoms with Crippen LogP contribution in [0.15, 0.2) is 24.3 Å². The first-order valence-electron chi connectivity index (χ1n) is 10.1. The molecule has 5 heteroatoms. The molecule has 0 unspecified atom stereocenters. The van der Waals surface area contributed by atoms with Crippen molar-refractivity contribution in [2.45, 2.75) is 83.4 Å². The van der Waals surface area contributed by atoms with Gasteiger partial charge in [-0.25, -0.2) is 0 Å². The number of hydrogen-bond donors (Lipinski definition) is 1. The van der Waals surface area contributed by atoms with Crippen LogP contribution in [0.3, 0.4) is 0 Å². The molecule has 27 heavy (non-hydrogen) atoms. The molecule has 154 valence electrons. The lowest BCUT2D eigenvalue weighted by atomic mass is 9.95. The third kappa shape index (κ3) is 6.05. The number of methoxy groups -OCH3 is 1. The topological polar surface area (TPSA) is 47.9 Å². The van der Waals surface area contributed by atoms with Crippen molar-refractivity contribution in [2.24, 2.45) is 5.92 Å². The molecule has 1 aliphatic carbocycles. The monoisotopic (exact) mass is 394 g/mol. The molecular formula is C22H38O4Si. The van der Waals surface area contributed by atoms with Gasteiger partial charge in [-0.1, -0.05) is 39.8 Å². The van der Waals surface area contributed by atoms with Crippen LogP contribution in [0, 0.1) is 5.92 Å². The molecule has 0 amide bonds. The Morgan fingerprint density at radius 3 is 2.22 bits per heavy atom. The Morgan fingerprint density at radius 1 is 1.15 bits per heavy atom. The molecule has 1 fully saturated rings. The van der Waals surface area contributed by atoms with E-state index in [2.05, 4.69) is 40.8 Å². The van der Waals surface area contributed by atoms with Crippen LogP contribution in [-0.2, 0) is 15.8 Å². The fourth-order valence-electron chi connectivity index (χ4n) is 2.99. The van der Waals surface area contributed by atoms with Crippen molar-refractivity contribution in [3.8, 4) is 5.75 Å². The van der Waals surface area contributed by atoms with E-state index >= 15 is 0 Å². The molecule has 0 bridgehead atoms. The van der Waals surface area contributed by atoms with Crippen molar-refractivity contribution in [1.29, 1.82) is 0 Å². The van der Waals surface area contributed by atoms with E-state index in [1.54, 1.807) is 7.11 Å². The lowest BCUT2D eigenvalue weighted by Crippen LogP contribution is -2.50. The molecule has 0 heterocycles. The van der Waals surface area contributed by atoms with Crippen LogP contribution in [0.1, 0.15) is 52.5 Å². The van der Waals surface area contributed by atoms with Crippen LogP contribution < -0.4 is 4.74 Å². The molecule has 1 aromatic rings. The molecule has 0 radical (unpaired) electrons. The van der Waals surface area contributed by atoms with Crippen molar-refractivity contribution in [3.63, 3.8) is 0 Å². The molecule has 2 atom stereocenters. The average Bonchev–Trinajstić information content (AvgIpc) is 3.34. The zero-order valence-corrected chi connectivity index (χ0v) is 19.2. The zero-order valence-electron chi connectivity index (χ0n) is 18.2. The molecule has 2 rings (SSSR count). The summed E-state index contributed by atoms with van der Waals surface area (Å²) in [7, 11) is -0.253. The number of ether oxygens (including phenoxy) is 2. The predicted molar refractivity (Wildman–Crippen MR) is 113 cm³/mol. The van der Waals surface area contributed by atoms with Crippen LogP contribution in [-0.4, -0.2) is 38.8 Å². The van der Waals surface area contributed by atoms with E-state index in [1.165, 1.54) is 0 Å². The summed E-state index contributed by atoms with van der Waals surface area (Å²) in [4.78, 5) is 0. The maximum atomic E-state index is 10.8. The summed E-state index contributed by atoms with van der Waals surface area (Å²) in [5.41, 5.74) is 0.503. The van der Waals surface area contributed by atoms with Gasteiger partial charge in [-0.15, -0.1) is 0 Å². The van der Waals surface area contributed by atoms with E-state index in [-0.39, 0.29) is 17.1 Å². The highest BCUT2D eigenvalue weighted by atomic mass is 28.4. The molecule has 0 spiro atoms. The van der Waals surface area contributed by atoms with Crippen molar-refractivity contribution in [2.75, 3.05) is 13.7 Å². The summed E-state index contributed by atoms with van der Waals surface area (Å²) in [5, 5.41) is 11.0. The summed E-state index contributed by atoms with van der Waals surface area (Å²) in [6.45, 7) is 14.7. The van der Waals surface area contributed by atoms with Gasteiger partial charge in [0.1, 0.15) is 5.75 Å². The molecule has 4 nitrogen and oxygen atoms in total. The van der Waals surface area contributed by atoms with E-state index in [4.69, 9.17) is 13.9 Å². The van der Waals surface area contributed by atoms with Crippen LogP contribution in [0.4, 0.5) is 0 Å². The first-order valence-corrected chi connectivity index (χ1v) is 13.0. The van der Waals surface area contributed by atoms with Crippen molar-refractivity contribution in [3.05, 3.63) is 29.8 Å². The normalized spacial score (nSPS) is 18.8. The number of hydrogen-bond acceptors (Lipinski definition) is 4. The van der Waals surface area contributed by atoms with E-state index in [9.17, 15) is 5.11 Å². The second-order valence-electron chi connectivity index (χ2n) is 9.57. The van der Waals surface area contributed by atoms with Crippen LogP contribution >= 0.6 is 0 Å². The lowest BCUT2D eigenvalue weighted by molar-refractivity contribution is -0.0310. The number of rotatable bonds is 10. The fourth-order valence-corrected chi connectivity index (χ4v) is 4.43. The second-order valence-corrected chi connectivity index (χ2v) is 14.3. The second kappa shape index (κ2) is 8.64. The van der Waals surface area contributed by atoms with Crippen LogP contribution in [0.2, 0.25) is 18.1 Å². The minimum Gasteiger partial charge on any atom is -0.497 e. The van der Waals surface area contributed by atoms with Gasteiger partial charge in [0.15, 0.2) is 8.32 Å². The standard InChI is InChI=1S/C22H38O4Si/c1-17(12-15-25-16-18-8-10-19(24-5)11-9-18)20(22(23)13-14-22)26-27(6,7)21(2,3)4/h8-11,17,20,23H,12-16H2,1-7H3/t17-,20-/m0/s1. The van der Waals surface area contributed by atoms with E-state index in [0.29, 0.717) is 13.2 Å². The third-order valence-electron chi connectivity index (χ3n) is 6.18. The van der Waals surface area contributed by atoms with Gasteiger partial charge in [0, 0.05) is 6.61 Å². The predicted octanol–water partition coefficient (Wildman–Crippen LogP) is 5.15. The lowest BCUT2D eigenvalue weighted by Gasteiger charge is -2.42. The molecule has 0 aromatic heterocycles. The summed E-state index contributed by atoms with van der Waals surface area (Å²) in [5.74, 6) is 1.12. The molecule has 0 aliphatic heterocycles. The molecule has 0 saturated heterocycles. The number of aliphatic hydroxyl groups is 1. The van der Waals surface area contributed by atoms with Gasteiger partial charge in [0.25, 0.3) is 0 Å². The quantitative estimate of drug-likeness (QED) is 0.440. The smallest absolute Gasteiger partial charge is 0.192 e. The first kappa shape index (κ1) is 22.4. The van der Waals surface area contributed by atoms with E-state index in [1.807, 2.05) is 24.3 Å². The summed E-state index contributed by atoms with van der Waals surface area (Å²) in [6.07, 6.45) is 2.49. The minimum atomic E-state index is -1.92. The Labute approximate surface area is 166 Å². The molecular weight excluding hydrogens is 356 g/mol. The molecule has 1 aromatic carbocycles. The van der Waals surface area contributed by atoms with Crippen molar-refractivity contribution >= 4 is 8.32 Å². The Kier molecular flexibility index (Phi) is 7.17. The summed E-state index contributed by atoms with van der Waals surface area (Å²) < 4.78 is 17.7. The van der Waals surface area contributed by atoms with Gasteiger partial charge in [0.05, 0.1) is 25.4 Å². The van der Waals surface area contributed by atoms with Crippen LogP contribution in [0.25, 0.3) is 0 Å². The van der Waals surface area contributed by atoms with E-state index in [0.717, 1.165) is 30.6 Å². The average molecular weight is 395 g/mol. The molecule has 1 aliphatic rings. The van der Waals surface area contributed by atoms with Gasteiger partial charge in [-0.2, -0.15) is 0 Å². The molecule has 1 saturated carbocycles. The third-order valence-corrected chi connectivity index (χ3v) is 10.6. The SMILES string of the molecule is COc1ccc(COCC[C@H](C)[C@H](O[Si](C)(C)C(C)(C)C)C2(O)CC2)cc1. The maximum Gasteiger partial charge on any atom is 0.192 e. The molecule has 1 N–H and O–H groups in total. The minimum absolute atomic E-state index is 0.0945. The first-order chi connectivity index (χ1) is 12.5. The highest BCUT2D eigenvalue weighted by Gasteiger charge is 2.53. The number of benzene rings is 1. The summed E-state index contributed by atoms with van der Waals surface area (Å²) in [6, 6.07) is 7.96. The van der Waals surface area contributed by atoms with E-state index < -0.39 is 13.9 Å². The Bertz CT molecular complexity index is 587. The van der Waals surface area contributed by atoms with Gasteiger partial charge in [0.2, 0.25) is 0 Å².